The van der Waals surface area contributed by atoms with E-state index in [0.717, 1.165) is 30.4 Å². The molecule has 0 aliphatic carbocycles. The number of methoxy groups -OCH3 is 2. The van der Waals surface area contributed by atoms with Gasteiger partial charge in [0, 0.05) is 25.7 Å². The van der Waals surface area contributed by atoms with Crippen LogP contribution in [0.5, 0.6) is 11.5 Å². The van der Waals surface area contributed by atoms with Crippen molar-refractivity contribution in [1.82, 2.24) is 13.9 Å². The Bertz CT molecular complexity index is 1190. The number of fused-ring (bicyclic) bond motifs is 1. The molecule has 1 aliphatic heterocycles. The van der Waals surface area contributed by atoms with Crippen molar-refractivity contribution in [3.05, 3.63) is 47.8 Å². The summed E-state index contributed by atoms with van der Waals surface area (Å²) < 4.78 is 40.5. The SMILES string of the molecule is COc1ccc(S(=O)(=O)N2CCC(Cn3cnc4cc(C)c(C)cc43)CC2)cc1OC. The molecule has 31 heavy (non-hydrogen) atoms. The number of imidazole rings is 1. The fourth-order valence-electron chi connectivity index (χ4n) is 4.20. The highest BCUT2D eigenvalue weighted by Gasteiger charge is 2.30. The third-order valence-electron chi connectivity index (χ3n) is 6.26. The maximum absolute atomic E-state index is 13.1. The second-order valence-corrected chi connectivity index (χ2v) is 10.1. The molecular formula is C23H29N3O4S. The molecule has 1 fully saturated rings. The highest BCUT2D eigenvalue weighted by Crippen LogP contribution is 2.32. The molecular weight excluding hydrogens is 414 g/mol. The zero-order chi connectivity index (χ0) is 22.2. The highest BCUT2D eigenvalue weighted by molar-refractivity contribution is 7.89. The third-order valence-corrected chi connectivity index (χ3v) is 8.15. The molecule has 0 N–H and O–H groups in total. The van der Waals surface area contributed by atoms with Crippen LogP contribution in [0, 0.1) is 19.8 Å². The van der Waals surface area contributed by atoms with Gasteiger partial charge in [-0.2, -0.15) is 4.31 Å². The van der Waals surface area contributed by atoms with E-state index in [2.05, 4.69) is 35.5 Å². The molecule has 1 aliphatic rings. The minimum Gasteiger partial charge on any atom is -0.493 e. The lowest BCUT2D eigenvalue weighted by molar-refractivity contribution is 0.254. The van der Waals surface area contributed by atoms with Crippen LogP contribution in [0.25, 0.3) is 11.0 Å². The maximum atomic E-state index is 13.1. The molecule has 8 heteroatoms. The quantitative estimate of drug-likeness (QED) is 0.580. The second-order valence-electron chi connectivity index (χ2n) is 8.19. The lowest BCUT2D eigenvalue weighted by Gasteiger charge is -2.31. The van der Waals surface area contributed by atoms with Gasteiger partial charge in [-0.3, -0.25) is 0 Å². The Morgan fingerprint density at radius 3 is 2.35 bits per heavy atom. The van der Waals surface area contributed by atoms with E-state index >= 15 is 0 Å². The summed E-state index contributed by atoms with van der Waals surface area (Å²) in [6.07, 6.45) is 3.53. The predicted molar refractivity (Wildman–Crippen MR) is 120 cm³/mol. The van der Waals surface area contributed by atoms with Gasteiger partial charge in [-0.1, -0.05) is 0 Å². The zero-order valence-electron chi connectivity index (χ0n) is 18.5. The van der Waals surface area contributed by atoms with E-state index in [1.54, 1.807) is 16.4 Å². The molecule has 1 saturated heterocycles. The van der Waals surface area contributed by atoms with Gasteiger partial charge in [-0.15, -0.1) is 0 Å². The molecule has 0 amide bonds. The summed E-state index contributed by atoms with van der Waals surface area (Å²) in [4.78, 5) is 4.78. The Morgan fingerprint density at radius 1 is 1.00 bits per heavy atom. The van der Waals surface area contributed by atoms with Gasteiger partial charge in [0.15, 0.2) is 11.5 Å². The molecule has 0 atom stereocenters. The van der Waals surface area contributed by atoms with Gasteiger partial charge >= 0.3 is 0 Å². The summed E-state index contributed by atoms with van der Waals surface area (Å²) in [7, 11) is -0.539. The summed E-state index contributed by atoms with van der Waals surface area (Å²) >= 11 is 0. The van der Waals surface area contributed by atoms with E-state index in [4.69, 9.17) is 9.47 Å². The van der Waals surface area contributed by atoms with Gasteiger partial charge in [0.25, 0.3) is 0 Å². The van der Waals surface area contributed by atoms with Crippen molar-refractivity contribution in [2.24, 2.45) is 5.92 Å². The molecule has 1 aromatic heterocycles. The van der Waals surface area contributed by atoms with Crippen molar-refractivity contribution in [2.45, 2.75) is 38.1 Å². The average molecular weight is 444 g/mol. The van der Waals surface area contributed by atoms with Crippen LogP contribution in [0.3, 0.4) is 0 Å². The molecule has 0 saturated carbocycles. The molecule has 2 heterocycles. The lowest BCUT2D eigenvalue weighted by atomic mass is 9.98. The van der Waals surface area contributed by atoms with Gasteiger partial charge in [-0.05, 0) is 68.0 Å². The van der Waals surface area contributed by atoms with Crippen LogP contribution >= 0.6 is 0 Å². The van der Waals surface area contributed by atoms with Crippen LogP contribution in [0.2, 0.25) is 0 Å². The average Bonchev–Trinajstić information content (AvgIpc) is 3.15. The number of sulfonamides is 1. The Kier molecular flexibility index (Phi) is 5.94. The van der Waals surface area contributed by atoms with Crippen LogP contribution in [-0.2, 0) is 16.6 Å². The largest absolute Gasteiger partial charge is 0.493 e. The standard InChI is InChI=1S/C23H29N3O4S/c1-16-11-20-21(12-17(16)2)25(15-24-20)14-18-7-9-26(10-8-18)31(27,28)19-5-6-22(29-3)23(13-19)30-4/h5-6,11-13,15,18H,7-10,14H2,1-4H3. The van der Waals surface area contributed by atoms with Gasteiger partial charge in [0.2, 0.25) is 10.0 Å². The summed E-state index contributed by atoms with van der Waals surface area (Å²) in [6, 6.07) is 9.05. The van der Waals surface area contributed by atoms with E-state index in [0.29, 0.717) is 30.5 Å². The van der Waals surface area contributed by atoms with Crippen molar-refractivity contribution in [3.8, 4) is 11.5 Å². The van der Waals surface area contributed by atoms with E-state index < -0.39 is 10.0 Å². The zero-order valence-corrected chi connectivity index (χ0v) is 19.3. The van der Waals surface area contributed by atoms with Crippen LogP contribution in [0.1, 0.15) is 24.0 Å². The maximum Gasteiger partial charge on any atom is 0.243 e. The summed E-state index contributed by atoms with van der Waals surface area (Å²) in [6.45, 7) is 6.08. The fourth-order valence-corrected chi connectivity index (χ4v) is 5.68. The van der Waals surface area contributed by atoms with Crippen molar-refractivity contribution >= 4 is 21.1 Å². The number of piperidine rings is 1. The van der Waals surface area contributed by atoms with Gasteiger partial charge in [0.05, 0.1) is 36.5 Å². The van der Waals surface area contributed by atoms with E-state index in [-0.39, 0.29) is 4.90 Å². The van der Waals surface area contributed by atoms with E-state index in [9.17, 15) is 8.42 Å². The molecule has 0 bridgehead atoms. The number of aromatic nitrogens is 2. The molecule has 0 unspecified atom stereocenters. The number of nitrogens with zero attached hydrogens (tertiary/aromatic N) is 3. The number of rotatable bonds is 6. The van der Waals surface area contributed by atoms with Crippen molar-refractivity contribution in [3.63, 3.8) is 0 Å². The van der Waals surface area contributed by atoms with Crippen molar-refractivity contribution in [1.29, 1.82) is 0 Å². The number of hydrogen-bond acceptors (Lipinski definition) is 5. The number of hydrogen-bond donors (Lipinski definition) is 0. The molecule has 4 rings (SSSR count). The van der Waals surface area contributed by atoms with Crippen molar-refractivity contribution in [2.75, 3.05) is 27.3 Å². The summed E-state index contributed by atoms with van der Waals surface area (Å²) in [5.41, 5.74) is 4.65. The van der Waals surface area contributed by atoms with Crippen molar-refractivity contribution < 1.29 is 17.9 Å². The number of benzene rings is 2. The van der Waals surface area contributed by atoms with Gasteiger partial charge in [-0.25, -0.2) is 13.4 Å². The monoisotopic (exact) mass is 443 g/mol. The first-order valence-electron chi connectivity index (χ1n) is 10.5. The smallest absolute Gasteiger partial charge is 0.243 e. The molecule has 7 nitrogen and oxygen atoms in total. The third kappa shape index (κ3) is 4.14. The Labute approximate surface area is 183 Å². The summed E-state index contributed by atoms with van der Waals surface area (Å²) in [5.74, 6) is 1.34. The second kappa shape index (κ2) is 8.51. The van der Waals surface area contributed by atoms with Gasteiger partial charge in [0.1, 0.15) is 0 Å². The molecule has 2 aromatic carbocycles. The van der Waals surface area contributed by atoms with Crippen LogP contribution in [0.4, 0.5) is 0 Å². The minimum absolute atomic E-state index is 0.232. The Balaban J connectivity index is 1.45. The normalized spacial score (nSPS) is 16.0. The Morgan fingerprint density at radius 2 is 1.68 bits per heavy atom. The summed E-state index contributed by atoms with van der Waals surface area (Å²) in [5, 5.41) is 0. The first-order chi connectivity index (χ1) is 14.8. The highest BCUT2D eigenvalue weighted by atomic mass is 32.2. The molecule has 0 radical (unpaired) electrons. The van der Waals surface area contributed by atoms with E-state index in [1.165, 1.54) is 31.4 Å². The van der Waals surface area contributed by atoms with Gasteiger partial charge < -0.3 is 14.0 Å². The molecule has 0 spiro atoms. The number of aryl methyl sites for hydroxylation is 2. The van der Waals surface area contributed by atoms with Crippen LogP contribution in [-0.4, -0.2) is 49.6 Å². The molecule has 3 aromatic rings. The van der Waals surface area contributed by atoms with Crippen LogP contribution < -0.4 is 9.47 Å². The van der Waals surface area contributed by atoms with Crippen LogP contribution in [0.15, 0.2) is 41.6 Å². The first kappa shape index (κ1) is 21.6. The Hall–Kier alpha value is -2.58. The topological polar surface area (TPSA) is 73.7 Å². The number of ether oxygens (including phenoxy) is 2. The molecule has 166 valence electrons. The predicted octanol–water partition coefficient (Wildman–Crippen LogP) is 3.77. The minimum atomic E-state index is -3.57. The first-order valence-corrected chi connectivity index (χ1v) is 11.9. The lowest BCUT2D eigenvalue weighted by Crippen LogP contribution is -2.39. The fraction of sp³-hybridized carbons (Fsp3) is 0.435. The van der Waals surface area contributed by atoms with E-state index in [1.807, 2.05) is 6.33 Å².